The van der Waals surface area contributed by atoms with Crippen LogP contribution < -0.4 is 10.2 Å². The topological polar surface area (TPSA) is 55.9 Å². The van der Waals surface area contributed by atoms with Crippen LogP contribution in [0.3, 0.4) is 0 Å². The molecule has 4 rings (SSSR count). The van der Waals surface area contributed by atoms with Crippen LogP contribution >= 0.6 is 0 Å². The van der Waals surface area contributed by atoms with Gasteiger partial charge < -0.3 is 15.1 Å². The van der Waals surface area contributed by atoms with E-state index in [0.29, 0.717) is 37.4 Å². The molecule has 2 fully saturated rings. The fourth-order valence-electron chi connectivity index (χ4n) is 4.04. The lowest BCUT2D eigenvalue weighted by Gasteiger charge is -2.46. The summed E-state index contributed by atoms with van der Waals surface area (Å²) in [4.78, 5) is 30.5. The van der Waals surface area contributed by atoms with Gasteiger partial charge in [-0.25, -0.2) is 13.6 Å². The molecule has 1 N–H and O–H groups in total. The van der Waals surface area contributed by atoms with Crippen LogP contribution in [0.15, 0.2) is 48.5 Å². The molecule has 6 nitrogen and oxygen atoms in total. The van der Waals surface area contributed by atoms with E-state index in [9.17, 15) is 18.4 Å². The number of piperazine rings is 1. The van der Waals surface area contributed by atoms with Crippen LogP contribution in [0.1, 0.15) is 6.42 Å². The Morgan fingerprint density at radius 1 is 1.07 bits per heavy atom. The zero-order valence-electron chi connectivity index (χ0n) is 16.1. The van der Waals surface area contributed by atoms with Crippen LogP contribution in [0.4, 0.5) is 25.0 Å². The van der Waals surface area contributed by atoms with Gasteiger partial charge in [0.05, 0.1) is 12.1 Å². The van der Waals surface area contributed by atoms with E-state index in [1.54, 1.807) is 21.9 Å². The molecule has 1 spiro atoms. The fraction of sp³-hybridized carbons (Fsp3) is 0.333. The number of likely N-dealkylation sites (N-methyl/N-ethyl adjacent to an activating group) is 1. The molecule has 0 unspecified atom stereocenters. The van der Waals surface area contributed by atoms with E-state index in [4.69, 9.17) is 0 Å². The number of carbonyl (C=O) groups excluding carboxylic acids is 2. The summed E-state index contributed by atoms with van der Waals surface area (Å²) in [5, 5.41) is 2.78. The number of hydrogen-bond donors (Lipinski definition) is 1. The lowest BCUT2D eigenvalue weighted by molar-refractivity contribution is -0.123. The first-order valence-corrected chi connectivity index (χ1v) is 9.45. The van der Waals surface area contributed by atoms with Crippen LogP contribution in [-0.2, 0) is 4.79 Å². The Hall–Kier alpha value is -3.00. The maximum absolute atomic E-state index is 13.7. The third-order valence-corrected chi connectivity index (χ3v) is 5.77. The van der Waals surface area contributed by atoms with Crippen LogP contribution in [0.25, 0.3) is 0 Å². The standard InChI is InChI=1S/C21H22F2N4O2/c1-25-12-19(28)27(18-4-2-3-16(23)11-18)14-21(25)9-10-26(13-21)20(29)24-17-7-5-15(22)6-8-17/h2-8,11H,9-10,12-14H2,1H3,(H,24,29)/t21-/m1/s1. The number of nitrogens with zero attached hydrogens (tertiary/aromatic N) is 3. The second-order valence-electron chi connectivity index (χ2n) is 7.65. The van der Waals surface area contributed by atoms with E-state index < -0.39 is 11.4 Å². The highest BCUT2D eigenvalue weighted by Crippen LogP contribution is 2.33. The highest BCUT2D eigenvalue weighted by molar-refractivity contribution is 5.96. The Balaban J connectivity index is 1.49. The average molecular weight is 400 g/mol. The van der Waals surface area contributed by atoms with Crippen molar-refractivity contribution in [3.8, 4) is 0 Å². The summed E-state index contributed by atoms with van der Waals surface area (Å²) in [6.07, 6.45) is 0.694. The van der Waals surface area contributed by atoms with Crippen molar-refractivity contribution in [3.05, 3.63) is 60.2 Å². The average Bonchev–Trinajstić information content (AvgIpc) is 3.12. The van der Waals surface area contributed by atoms with Crippen molar-refractivity contribution in [2.45, 2.75) is 12.0 Å². The summed E-state index contributed by atoms with van der Waals surface area (Å²) in [7, 11) is 1.88. The minimum absolute atomic E-state index is 0.0991. The Morgan fingerprint density at radius 2 is 1.83 bits per heavy atom. The summed E-state index contributed by atoms with van der Waals surface area (Å²) < 4.78 is 26.7. The predicted octanol–water partition coefficient (Wildman–Crippen LogP) is 2.92. The molecule has 2 heterocycles. The smallest absolute Gasteiger partial charge is 0.321 e. The molecule has 0 radical (unpaired) electrons. The minimum Gasteiger partial charge on any atom is -0.323 e. The highest BCUT2D eigenvalue weighted by atomic mass is 19.1. The second-order valence-corrected chi connectivity index (χ2v) is 7.65. The molecule has 2 saturated heterocycles. The normalized spacial score (nSPS) is 22.4. The largest absolute Gasteiger partial charge is 0.323 e. The van der Waals surface area contributed by atoms with Gasteiger partial charge in [0.1, 0.15) is 11.6 Å². The van der Waals surface area contributed by atoms with Crippen LogP contribution in [0.5, 0.6) is 0 Å². The van der Waals surface area contributed by atoms with E-state index in [-0.39, 0.29) is 24.3 Å². The first kappa shape index (κ1) is 19.3. The number of hydrogen-bond acceptors (Lipinski definition) is 3. The summed E-state index contributed by atoms with van der Waals surface area (Å²) in [5.74, 6) is -0.859. The third-order valence-electron chi connectivity index (χ3n) is 5.77. The molecule has 152 valence electrons. The van der Waals surface area contributed by atoms with E-state index in [1.807, 2.05) is 11.9 Å². The molecular weight excluding hydrogens is 378 g/mol. The van der Waals surface area contributed by atoms with E-state index >= 15 is 0 Å². The van der Waals surface area contributed by atoms with Crippen molar-refractivity contribution in [1.82, 2.24) is 9.80 Å². The number of anilines is 2. The van der Waals surface area contributed by atoms with Gasteiger partial charge in [-0.3, -0.25) is 9.69 Å². The summed E-state index contributed by atoms with van der Waals surface area (Å²) in [6, 6.07) is 11.3. The Kier molecular flexibility index (Phi) is 4.96. The SMILES string of the molecule is CN1CC(=O)N(c2cccc(F)c2)C[C@]12CCN(C(=O)Nc1ccc(F)cc1)C2. The summed E-state index contributed by atoms with van der Waals surface area (Å²) in [5.41, 5.74) is 0.642. The molecule has 0 saturated carbocycles. The molecular formula is C21H22F2N4O2. The minimum atomic E-state index is -0.402. The van der Waals surface area contributed by atoms with E-state index in [0.717, 1.165) is 0 Å². The Bertz CT molecular complexity index is 937. The zero-order valence-corrected chi connectivity index (χ0v) is 16.1. The van der Waals surface area contributed by atoms with Crippen molar-refractivity contribution >= 4 is 23.3 Å². The lowest BCUT2D eigenvalue weighted by atomic mass is 9.92. The molecule has 2 aliphatic heterocycles. The number of rotatable bonds is 2. The predicted molar refractivity (Wildman–Crippen MR) is 106 cm³/mol. The van der Waals surface area contributed by atoms with Gasteiger partial charge in [-0.05, 0) is 55.9 Å². The number of urea groups is 1. The van der Waals surface area contributed by atoms with Crippen molar-refractivity contribution in [2.75, 3.05) is 43.4 Å². The number of amides is 3. The fourth-order valence-corrected chi connectivity index (χ4v) is 4.04. The van der Waals surface area contributed by atoms with Gasteiger partial charge in [0.2, 0.25) is 5.91 Å². The van der Waals surface area contributed by atoms with Crippen molar-refractivity contribution in [3.63, 3.8) is 0 Å². The summed E-state index contributed by atoms with van der Waals surface area (Å²) in [6.45, 7) is 1.55. The number of benzene rings is 2. The van der Waals surface area contributed by atoms with E-state index in [1.165, 1.54) is 36.4 Å². The second kappa shape index (κ2) is 7.44. The number of carbonyl (C=O) groups is 2. The monoisotopic (exact) mass is 400 g/mol. The van der Waals surface area contributed by atoms with Gasteiger partial charge in [0, 0.05) is 31.0 Å². The first-order valence-electron chi connectivity index (χ1n) is 9.45. The number of halogens is 2. The molecule has 2 aliphatic rings. The van der Waals surface area contributed by atoms with E-state index in [2.05, 4.69) is 5.32 Å². The molecule has 0 aromatic heterocycles. The molecule has 1 atom stereocenters. The summed E-state index contributed by atoms with van der Waals surface area (Å²) >= 11 is 0. The van der Waals surface area contributed by atoms with Gasteiger partial charge >= 0.3 is 6.03 Å². The maximum Gasteiger partial charge on any atom is 0.321 e. The Labute approximate surface area is 167 Å². The van der Waals surface area contributed by atoms with Crippen LogP contribution in [-0.4, -0.2) is 60.5 Å². The van der Waals surface area contributed by atoms with Gasteiger partial charge in [0.25, 0.3) is 0 Å². The first-order chi connectivity index (χ1) is 13.9. The Morgan fingerprint density at radius 3 is 2.55 bits per heavy atom. The van der Waals surface area contributed by atoms with Crippen LogP contribution in [0, 0.1) is 11.6 Å². The van der Waals surface area contributed by atoms with Gasteiger partial charge in [0.15, 0.2) is 0 Å². The van der Waals surface area contributed by atoms with Crippen molar-refractivity contribution in [1.29, 1.82) is 0 Å². The molecule has 2 aromatic rings. The number of nitrogens with one attached hydrogen (secondary N) is 1. The maximum atomic E-state index is 13.7. The lowest BCUT2D eigenvalue weighted by Crippen LogP contribution is -2.64. The van der Waals surface area contributed by atoms with Crippen molar-refractivity contribution in [2.24, 2.45) is 0 Å². The van der Waals surface area contributed by atoms with Gasteiger partial charge in [-0.1, -0.05) is 6.07 Å². The van der Waals surface area contributed by atoms with Gasteiger partial charge in [-0.2, -0.15) is 0 Å². The molecule has 0 bridgehead atoms. The van der Waals surface area contributed by atoms with Gasteiger partial charge in [-0.15, -0.1) is 0 Å². The quantitative estimate of drug-likeness (QED) is 0.844. The van der Waals surface area contributed by atoms with Crippen molar-refractivity contribution < 1.29 is 18.4 Å². The third kappa shape index (κ3) is 3.80. The molecule has 0 aliphatic carbocycles. The zero-order chi connectivity index (χ0) is 20.6. The number of likely N-dealkylation sites (tertiary alicyclic amines) is 1. The molecule has 8 heteroatoms. The molecule has 2 aromatic carbocycles. The van der Waals surface area contributed by atoms with Crippen LogP contribution in [0.2, 0.25) is 0 Å². The molecule has 3 amide bonds. The molecule has 29 heavy (non-hydrogen) atoms. The highest BCUT2D eigenvalue weighted by Gasteiger charge is 2.48.